The molecule has 12 heavy (non-hydrogen) atoms. The Morgan fingerprint density at radius 3 is 2.58 bits per heavy atom. The van der Waals surface area contributed by atoms with Crippen LogP contribution in [0.25, 0.3) is 0 Å². The number of carbonyl (C=O) groups is 1. The summed E-state index contributed by atoms with van der Waals surface area (Å²) in [5, 5.41) is 0. The lowest BCUT2D eigenvalue weighted by Crippen LogP contribution is -2.22. The van der Waals surface area contributed by atoms with Crippen molar-refractivity contribution in [3.8, 4) is 0 Å². The van der Waals surface area contributed by atoms with E-state index in [1.54, 1.807) is 6.08 Å². The van der Waals surface area contributed by atoms with E-state index in [-0.39, 0.29) is 12.1 Å². The van der Waals surface area contributed by atoms with Gasteiger partial charge in [-0.25, -0.2) is 4.79 Å². The van der Waals surface area contributed by atoms with Gasteiger partial charge >= 0.3 is 5.97 Å². The van der Waals surface area contributed by atoms with Gasteiger partial charge in [0.25, 0.3) is 0 Å². The van der Waals surface area contributed by atoms with Crippen LogP contribution in [0, 0.1) is 0 Å². The Morgan fingerprint density at radius 2 is 2.17 bits per heavy atom. The smallest absolute Gasteiger partial charge is 0.331 e. The summed E-state index contributed by atoms with van der Waals surface area (Å²) in [5.74, 6) is -0.307. The van der Waals surface area contributed by atoms with Crippen molar-refractivity contribution < 1.29 is 14.3 Å². The van der Waals surface area contributed by atoms with Crippen LogP contribution in [0.3, 0.4) is 0 Å². The van der Waals surface area contributed by atoms with E-state index in [1.165, 1.54) is 6.08 Å². The third-order valence-electron chi connectivity index (χ3n) is 1.21. The van der Waals surface area contributed by atoms with Crippen LogP contribution in [0.4, 0.5) is 0 Å². The van der Waals surface area contributed by atoms with Gasteiger partial charge in [0, 0.05) is 6.08 Å². The molecule has 0 amide bonds. The molecule has 0 aliphatic carbocycles. The largest absolute Gasteiger partial charge is 0.457 e. The lowest BCUT2D eigenvalue weighted by molar-refractivity contribution is -0.148. The fourth-order valence-electron chi connectivity index (χ4n) is 0.688. The average molecular weight is 170 g/mol. The van der Waals surface area contributed by atoms with Crippen molar-refractivity contribution >= 4 is 5.97 Å². The monoisotopic (exact) mass is 170 g/mol. The van der Waals surface area contributed by atoms with Gasteiger partial charge in [-0.3, -0.25) is 0 Å². The second-order valence-corrected chi connectivity index (χ2v) is 3.76. The van der Waals surface area contributed by atoms with Gasteiger partial charge < -0.3 is 9.47 Å². The molecular formula is C9H14O3. The van der Waals surface area contributed by atoms with Crippen molar-refractivity contribution in [2.24, 2.45) is 0 Å². The first-order valence-corrected chi connectivity index (χ1v) is 4.00. The van der Waals surface area contributed by atoms with Crippen LogP contribution >= 0.6 is 0 Å². The van der Waals surface area contributed by atoms with E-state index in [4.69, 9.17) is 9.47 Å². The highest BCUT2D eigenvalue weighted by Gasteiger charge is 2.20. The van der Waals surface area contributed by atoms with Gasteiger partial charge in [-0.2, -0.15) is 0 Å². The second kappa shape index (κ2) is 3.27. The fourth-order valence-corrected chi connectivity index (χ4v) is 0.688. The zero-order chi connectivity index (χ0) is 9.19. The zero-order valence-electron chi connectivity index (χ0n) is 7.66. The molecule has 1 aliphatic rings. The normalized spacial score (nSPS) is 22.8. The molecule has 0 unspecified atom stereocenters. The molecule has 0 aromatic carbocycles. The zero-order valence-corrected chi connectivity index (χ0v) is 7.66. The van der Waals surface area contributed by atoms with Gasteiger partial charge in [-0.1, -0.05) is 0 Å². The van der Waals surface area contributed by atoms with Crippen LogP contribution in [-0.2, 0) is 14.3 Å². The Kier molecular flexibility index (Phi) is 2.52. The maximum Gasteiger partial charge on any atom is 0.331 e. The van der Waals surface area contributed by atoms with Gasteiger partial charge in [0.15, 0.2) is 0 Å². The van der Waals surface area contributed by atoms with Gasteiger partial charge in [-0.05, 0) is 26.8 Å². The van der Waals surface area contributed by atoms with Crippen molar-refractivity contribution in [2.75, 3.05) is 6.61 Å². The molecule has 1 aliphatic heterocycles. The minimum absolute atomic E-state index is 0.137. The highest BCUT2D eigenvalue weighted by molar-refractivity contribution is 5.82. The molecule has 1 rings (SSSR count). The average Bonchev–Trinajstić information content (AvgIpc) is 2.61. The number of epoxide rings is 1. The van der Waals surface area contributed by atoms with E-state index >= 15 is 0 Å². The molecule has 1 atom stereocenters. The Labute approximate surface area is 72.4 Å². The van der Waals surface area contributed by atoms with Crippen molar-refractivity contribution in [2.45, 2.75) is 32.5 Å². The Hall–Kier alpha value is -0.830. The van der Waals surface area contributed by atoms with Crippen LogP contribution < -0.4 is 0 Å². The molecule has 1 heterocycles. The molecule has 0 saturated carbocycles. The molecule has 0 aromatic rings. The summed E-state index contributed by atoms with van der Waals surface area (Å²) in [4.78, 5) is 11.0. The Balaban J connectivity index is 2.27. The first kappa shape index (κ1) is 9.26. The molecule has 68 valence electrons. The molecule has 1 fully saturated rings. The summed E-state index contributed by atoms with van der Waals surface area (Å²) in [6, 6.07) is 0. The van der Waals surface area contributed by atoms with Crippen molar-refractivity contribution in [1.29, 1.82) is 0 Å². The molecule has 3 heteroatoms. The summed E-state index contributed by atoms with van der Waals surface area (Å²) in [6.45, 7) is 6.24. The third-order valence-corrected chi connectivity index (χ3v) is 1.21. The SMILES string of the molecule is CC(C)(C)OC(=O)/C=C/[C@H]1CO1. The lowest BCUT2D eigenvalue weighted by atomic mass is 10.2. The lowest BCUT2D eigenvalue weighted by Gasteiger charge is -2.17. The maximum atomic E-state index is 11.0. The summed E-state index contributed by atoms with van der Waals surface area (Å²) >= 11 is 0. The predicted octanol–water partition coefficient (Wildman–Crippen LogP) is 1.28. The summed E-state index contributed by atoms with van der Waals surface area (Å²) in [6.07, 6.45) is 3.27. The Morgan fingerprint density at radius 1 is 1.58 bits per heavy atom. The minimum atomic E-state index is -0.411. The van der Waals surface area contributed by atoms with Gasteiger partial charge in [0.05, 0.1) is 12.7 Å². The summed E-state index contributed by atoms with van der Waals surface area (Å²) in [7, 11) is 0. The van der Waals surface area contributed by atoms with Crippen LogP contribution in [0.2, 0.25) is 0 Å². The van der Waals surface area contributed by atoms with Crippen molar-refractivity contribution in [1.82, 2.24) is 0 Å². The number of hydrogen-bond donors (Lipinski definition) is 0. The van der Waals surface area contributed by atoms with E-state index < -0.39 is 5.60 Å². The highest BCUT2D eigenvalue weighted by atomic mass is 16.6. The van der Waals surface area contributed by atoms with E-state index in [9.17, 15) is 4.79 Å². The first-order chi connectivity index (χ1) is 5.47. The van der Waals surface area contributed by atoms with Crippen LogP contribution in [0.15, 0.2) is 12.2 Å². The van der Waals surface area contributed by atoms with Crippen molar-refractivity contribution in [3.63, 3.8) is 0 Å². The van der Waals surface area contributed by atoms with Crippen LogP contribution in [0.5, 0.6) is 0 Å². The van der Waals surface area contributed by atoms with Crippen LogP contribution in [-0.4, -0.2) is 24.3 Å². The number of rotatable bonds is 2. The van der Waals surface area contributed by atoms with E-state index in [1.807, 2.05) is 20.8 Å². The molecule has 1 saturated heterocycles. The predicted molar refractivity (Wildman–Crippen MR) is 44.7 cm³/mol. The number of esters is 1. The highest BCUT2D eigenvalue weighted by Crippen LogP contribution is 2.11. The van der Waals surface area contributed by atoms with Gasteiger partial charge in [0.1, 0.15) is 5.60 Å². The molecule has 0 radical (unpaired) electrons. The fraction of sp³-hybridized carbons (Fsp3) is 0.667. The third kappa shape index (κ3) is 4.13. The molecule has 0 N–H and O–H groups in total. The van der Waals surface area contributed by atoms with E-state index in [0.717, 1.165) is 6.61 Å². The summed E-state index contributed by atoms with van der Waals surface area (Å²) in [5.41, 5.74) is -0.411. The molecule has 0 spiro atoms. The van der Waals surface area contributed by atoms with E-state index in [2.05, 4.69) is 0 Å². The number of hydrogen-bond acceptors (Lipinski definition) is 3. The van der Waals surface area contributed by atoms with Gasteiger partial charge in [0.2, 0.25) is 0 Å². The first-order valence-electron chi connectivity index (χ1n) is 4.00. The maximum absolute atomic E-state index is 11.0. The summed E-state index contributed by atoms with van der Waals surface area (Å²) < 4.78 is 9.93. The quantitative estimate of drug-likeness (QED) is 0.356. The number of carbonyl (C=O) groups excluding carboxylic acids is 1. The van der Waals surface area contributed by atoms with Crippen molar-refractivity contribution in [3.05, 3.63) is 12.2 Å². The molecule has 0 aromatic heterocycles. The molecule has 0 bridgehead atoms. The topological polar surface area (TPSA) is 38.8 Å². The number of ether oxygens (including phenoxy) is 2. The molecule has 3 nitrogen and oxygen atoms in total. The van der Waals surface area contributed by atoms with Gasteiger partial charge in [-0.15, -0.1) is 0 Å². The standard InChI is InChI=1S/C9H14O3/c1-9(2,3)12-8(10)5-4-7-6-11-7/h4-5,7H,6H2,1-3H3/b5-4+/t7-/m0/s1. The van der Waals surface area contributed by atoms with Crippen LogP contribution in [0.1, 0.15) is 20.8 Å². The minimum Gasteiger partial charge on any atom is -0.457 e. The van der Waals surface area contributed by atoms with E-state index in [0.29, 0.717) is 0 Å². The Bertz CT molecular complexity index is 196. The molecular weight excluding hydrogens is 156 g/mol. The second-order valence-electron chi connectivity index (χ2n) is 3.76.